The SMILES string of the molecule is Cc1[nH]c(=O)c(C(=O)NC2CC(C(=O)O)C2)c(C)c1C. The number of aryl methyl sites for hydroxylation is 1. The maximum absolute atomic E-state index is 12.2. The molecule has 1 fully saturated rings. The van der Waals surface area contributed by atoms with Gasteiger partial charge in [-0.3, -0.25) is 14.4 Å². The largest absolute Gasteiger partial charge is 0.481 e. The van der Waals surface area contributed by atoms with Crippen LogP contribution in [0.4, 0.5) is 0 Å². The summed E-state index contributed by atoms with van der Waals surface area (Å²) in [6.07, 6.45) is 0.839. The highest BCUT2D eigenvalue weighted by Crippen LogP contribution is 2.27. The van der Waals surface area contributed by atoms with E-state index >= 15 is 0 Å². The van der Waals surface area contributed by atoms with Crippen LogP contribution in [-0.2, 0) is 4.79 Å². The van der Waals surface area contributed by atoms with Crippen molar-refractivity contribution in [2.75, 3.05) is 0 Å². The minimum absolute atomic E-state index is 0.117. The number of H-pyrrole nitrogens is 1. The lowest BCUT2D eigenvalue weighted by Gasteiger charge is -2.32. The zero-order valence-electron chi connectivity index (χ0n) is 11.7. The van der Waals surface area contributed by atoms with Crippen molar-refractivity contribution in [3.05, 3.63) is 32.7 Å². The Hall–Kier alpha value is -2.11. The summed E-state index contributed by atoms with van der Waals surface area (Å²) in [5.74, 6) is -1.66. The first-order chi connectivity index (χ1) is 9.31. The number of carboxylic acid groups (broad SMARTS) is 1. The lowest BCUT2D eigenvalue weighted by molar-refractivity contribution is -0.145. The molecule has 0 radical (unpaired) electrons. The molecule has 0 aromatic carbocycles. The van der Waals surface area contributed by atoms with Gasteiger partial charge in [-0.05, 0) is 44.7 Å². The first kappa shape index (κ1) is 14.3. The van der Waals surface area contributed by atoms with Crippen molar-refractivity contribution >= 4 is 11.9 Å². The van der Waals surface area contributed by atoms with Gasteiger partial charge in [-0.15, -0.1) is 0 Å². The van der Waals surface area contributed by atoms with Crippen LogP contribution in [0.25, 0.3) is 0 Å². The van der Waals surface area contributed by atoms with Crippen molar-refractivity contribution in [1.29, 1.82) is 0 Å². The fourth-order valence-electron chi connectivity index (χ4n) is 2.43. The van der Waals surface area contributed by atoms with E-state index in [9.17, 15) is 14.4 Å². The zero-order valence-corrected chi connectivity index (χ0v) is 11.7. The average Bonchev–Trinajstić information content (AvgIpc) is 2.29. The van der Waals surface area contributed by atoms with Gasteiger partial charge < -0.3 is 15.4 Å². The van der Waals surface area contributed by atoms with E-state index in [0.29, 0.717) is 18.4 Å². The molecule has 2 rings (SSSR count). The van der Waals surface area contributed by atoms with Crippen LogP contribution in [0.5, 0.6) is 0 Å². The van der Waals surface area contributed by atoms with Gasteiger partial charge in [0.1, 0.15) is 5.56 Å². The summed E-state index contributed by atoms with van der Waals surface area (Å²) in [5, 5.41) is 11.5. The number of hydrogen-bond acceptors (Lipinski definition) is 3. The highest BCUT2D eigenvalue weighted by atomic mass is 16.4. The Morgan fingerprint density at radius 2 is 1.80 bits per heavy atom. The van der Waals surface area contributed by atoms with E-state index in [1.54, 1.807) is 13.8 Å². The van der Waals surface area contributed by atoms with E-state index < -0.39 is 17.4 Å². The Labute approximate surface area is 116 Å². The summed E-state index contributed by atoms with van der Waals surface area (Å²) >= 11 is 0. The first-order valence-electron chi connectivity index (χ1n) is 6.55. The molecule has 1 amide bonds. The van der Waals surface area contributed by atoms with Crippen LogP contribution in [0.1, 0.15) is 40.0 Å². The summed E-state index contributed by atoms with van der Waals surface area (Å²) in [6, 6.07) is -0.163. The Morgan fingerprint density at radius 3 is 2.35 bits per heavy atom. The molecular formula is C14H18N2O4. The fraction of sp³-hybridized carbons (Fsp3) is 0.500. The van der Waals surface area contributed by atoms with Gasteiger partial charge in [0.2, 0.25) is 0 Å². The van der Waals surface area contributed by atoms with E-state index in [1.807, 2.05) is 6.92 Å². The molecule has 0 spiro atoms. The van der Waals surface area contributed by atoms with Gasteiger partial charge in [0, 0.05) is 11.7 Å². The van der Waals surface area contributed by atoms with Gasteiger partial charge in [-0.1, -0.05) is 0 Å². The molecule has 1 aromatic rings. The molecule has 3 N–H and O–H groups in total. The molecular weight excluding hydrogens is 260 g/mol. The second-order valence-electron chi connectivity index (χ2n) is 5.38. The van der Waals surface area contributed by atoms with Crippen molar-refractivity contribution in [3.63, 3.8) is 0 Å². The number of amides is 1. The Kier molecular flexibility index (Phi) is 3.65. The number of hydrogen-bond donors (Lipinski definition) is 3. The summed E-state index contributed by atoms with van der Waals surface area (Å²) in [4.78, 5) is 37.4. The highest BCUT2D eigenvalue weighted by Gasteiger charge is 2.35. The molecule has 108 valence electrons. The number of nitrogens with one attached hydrogen (secondary N) is 2. The highest BCUT2D eigenvalue weighted by molar-refractivity contribution is 5.96. The van der Waals surface area contributed by atoms with Gasteiger partial charge in [0.15, 0.2) is 0 Å². The Balaban J connectivity index is 2.14. The standard InChI is InChI=1S/C14H18N2O4/c1-6-7(2)11(12(17)15-8(6)3)13(18)16-10-4-9(5-10)14(19)20/h9-10H,4-5H2,1-3H3,(H,15,17)(H,16,18)(H,19,20). The molecule has 0 saturated heterocycles. The monoisotopic (exact) mass is 278 g/mol. The topological polar surface area (TPSA) is 99.3 Å². The summed E-state index contributed by atoms with van der Waals surface area (Å²) in [7, 11) is 0. The number of carboxylic acids is 1. The molecule has 1 heterocycles. The lowest BCUT2D eigenvalue weighted by Crippen LogP contribution is -2.48. The number of aliphatic carboxylic acids is 1. The van der Waals surface area contributed by atoms with Crippen molar-refractivity contribution in [2.45, 2.75) is 39.7 Å². The quantitative estimate of drug-likeness (QED) is 0.764. The molecule has 1 aliphatic carbocycles. The third-order valence-corrected chi connectivity index (χ3v) is 4.08. The van der Waals surface area contributed by atoms with E-state index in [2.05, 4.69) is 10.3 Å². The minimum atomic E-state index is -0.837. The number of carbonyl (C=O) groups is 2. The first-order valence-corrected chi connectivity index (χ1v) is 6.55. The average molecular weight is 278 g/mol. The molecule has 1 aliphatic rings. The summed E-state index contributed by atoms with van der Waals surface area (Å²) < 4.78 is 0. The molecule has 6 heteroatoms. The van der Waals surface area contributed by atoms with Gasteiger partial charge in [-0.2, -0.15) is 0 Å². The van der Waals surface area contributed by atoms with Crippen molar-refractivity contribution < 1.29 is 14.7 Å². The molecule has 0 atom stereocenters. The Morgan fingerprint density at radius 1 is 1.20 bits per heavy atom. The van der Waals surface area contributed by atoms with Crippen molar-refractivity contribution in [3.8, 4) is 0 Å². The van der Waals surface area contributed by atoms with Crippen molar-refractivity contribution in [2.24, 2.45) is 5.92 Å². The number of aromatic amines is 1. The second kappa shape index (κ2) is 5.11. The maximum Gasteiger partial charge on any atom is 0.306 e. The third kappa shape index (κ3) is 2.45. The predicted octanol–water partition coefficient (Wildman–Crippen LogP) is 0.893. The van der Waals surface area contributed by atoms with Crippen LogP contribution in [0, 0.1) is 26.7 Å². The Bertz CT molecular complexity index is 627. The molecule has 1 aromatic heterocycles. The number of rotatable bonds is 3. The zero-order chi connectivity index (χ0) is 15.0. The van der Waals surface area contributed by atoms with Crippen LogP contribution in [0.2, 0.25) is 0 Å². The van der Waals surface area contributed by atoms with E-state index in [4.69, 9.17) is 5.11 Å². The van der Waals surface area contributed by atoms with Crippen LogP contribution < -0.4 is 10.9 Å². The fourth-order valence-corrected chi connectivity index (χ4v) is 2.43. The van der Waals surface area contributed by atoms with E-state index in [1.165, 1.54) is 0 Å². The van der Waals surface area contributed by atoms with E-state index in [0.717, 1.165) is 11.3 Å². The molecule has 6 nitrogen and oxygen atoms in total. The minimum Gasteiger partial charge on any atom is -0.481 e. The van der Waals surface area contributed by atoms with Crippen LogP contribution in [0.15, 0.2) is 4.79 Å². The van der Waals surface area contributed by atoms with Gasteiger partial charge in [0.05, 0.1) is 5.92 Å². The summed E-state index contributed by atoms with van der Waals surface area (Å²) in [5.41, 5.74) is 2.01. The van der Waals surface area contributed by atoms with Crippen molar-refractivity contribution in [1.82, 2.24) is 10.3 Å². The predicted molar refractivity (Wildman–Crippen MR) is 72.9 cm³/mol. The molecule has 0 unspecified atom stereocenters. The van der Waals surface area contributed by atoms with E-state index in [-0.39, 0.29) is 17.5 Å². The number of aromatic nitrogens is 1. The van der Waals surface area contributed by atoms with Crippen LogP contribution in [-0.4, -0.2) is 28.0 Å². The lowest BCUT2D eigenvalue weighted by atomic mass is 9.80. The van der Waals surface area contributed by atoms with Gasteiger partial charge in [-0.25, -0.2) is 0 Å². The summed E-state index contributed by atoms with van der Waals surface area (Å²) in [6.45, 7) is 5.38. The number of carbonyl (C=O) groups excluding carboxylic acids is 1. The molecule has 1 saturated carbocycles. The molecule has 0 aliphatic heterocycles. The second-order valence-corrected chi connectivity index (χ2v) is 5.38. The third-order valence-electron chi connectivity index (χ3n) is 4.08. The molecule has 0 bridgehead atoms. The van der Waals surface area contributed by atoms with Crippen LogP contribution >= 0.6 is 0 Å². The molecule has 20 heavy (non-hydrogen) atoms. The number of pyridine rings is 1. The normalized spacial score (nSPS) is 21.1. The smallest absolute Gasteiger partial charge is 0.306 e. The van der Waals surface area contributed by atoms with Gasteiger partial charge >= 0.3 is 5.97 Å². The maximum atomic E-state index is 12.2. The van der Waals surface area contributed by atoms with Crippen LogP contribution in [0.3, 0.4) is 0 Å². The van der Waals surface area contributed by atoms with Gasteiger partial charge in [0.25, 0.3) is 11.5 Å².